The molecule has 0 fully saturated rings. The summed E-state index contributed by atoms with van der Waals surface area (Å²) in [6, 6.07) is 12.2. The normalized spacial score (nSPS) is 11.1. The van der Waals surface area contributed by atoms with Gasteiger partial charge in [0.15, 0.2) is 17.3 Å². The van der Waals surface area contributed by atoms with Crippen LogP contribution in [-0.2, 0) is 0 Å². The van der Waals surface area contributed by atoms with Crippen molar-refractivity contribution >= 4 is 34.9 Å². The smallest absolute Gasteiger partial charge is 0.196 e. The number of aromatic hydroxyl groups is 1. The Labute approximate surface area is 165 Å². The van der Waals surface area contributed by atoms with E-state index in [-0.39, 0.29) is 18.1 Å². The molecule has 7 heteroatoms. The van der Waals surface area contributed by atoms with Crippen LogP contribution in [0.25, 0.3) is 10.6 Å². The first-order valence-electron chi connectivity index (χ1n) is 8.11. The lowest BCUT2D eigenvalue weighted by atomic mass is 10.2. The molecule has 0 saturated heterocycles. The molecule has 1 aromatic heterocycles. The van der Waals surface area contributed by atoms with Crippen molar-refractivity contribution in [1.82, 2.24) is 4.98 Å². The molecule has 1 N–H and O–H groups in total. The van der Waals surface area contributed by atoms with Crippen LogP contribution in [0.15, 0.2) is 47.5 Å². The number of hydrogen-bond donors (Lipinski definition) is 1. The number of carbonyl (C=O) groups is 1. The van der Waals surface area contributed by atoms with Crippen LogP contribution in [0.5, 0.6) is 11.5 Å². The van der Waals surface area contributed by atoms with Gasteiger partial charge >= 0.3 is 0 Å². The number of methoxy groups -OCH3 is 1. The van der Waals surface area contributed by atoms with Crippen LogP contribution >= 0.6 is 22.9 Å². The molecule has 0 bridgehead atoms. The minimum atomic E-state index is -0.0905. The number of aryl methyl sites for hydroxylation is 1. The molecule has 0 aliphatic rings. The lowest BCUT2D eigenvalue weighted by molar-refractivity contribution is 0.100. The quantitative estimate of drug-likeness (QED) is 0.477. The van der Waals surface area contributed by atoms with Crippen LogP contribution in [0, 0.1) is 6.92 Å². The van der Waals surface area contributed by atoms with Crippen molar-refractivity contribution in [3.8, 4) is 22.1 Å². The van der Waals surface area contributed by atoms with Crippen LogP contribution in [0.1, 0.15) is 20.9 Å². The fraction of sp³-hybridized carbons (Fsp3) is 0.150. The second kappa shape index (κ2) is 8.33. The maximum atomic E-state index is 12.5. The summed E-state index contributed by atoms with van der Waals surface area (Å²) in [5, 5.41) is 11.0. The van der Waals surface area contributed by atoms with Crippen molar-refractivity contribution in [3.63, 3.8) is 0 Å². The topological polar surface area (TPSA) is 71.8 Å². The SMILES string of the molecule is COc1cc(C=NCC(=O)c2sc(-c3ccc(Cl)cc3)nc2C)ccc1O. The second-order valence-electron chi connectivity index (χ2n) is 5.76. The molecule has 138 valence electrons. The van der Waals surface area contributed by atoms with Crippen LogP contribution in [-0.4, -0.2) is 35.7 Å². The van der Waals surface area contributed by atoms with E-state index in [1.165, 1.54) is 24.5 Å². The van der Waals surface area contributed by atoms with Crippen LogP contribution in [0.3, 0.4) is 0 Å². The molecule has 0 atom stereocenters. The summed E-state index contributed by atoms with van der Waals surface area (Å²) in [4.78, 5) is 21.8. The summed E-state index contributed by atoms with van der Waals surface area (Å²) >= 11 is 7.26. The molecule has 1 heterocycles. The highest BCUT2D eigenvalue weighted by Crippen LogP contribution is 2.29. The van der Waals surface area contributed by atoms with Crippen molar-refractivity contribution in [2.24, 2.45) is 4.99 Å². The summed E-state index contributed by atoms with van der Waals surface area (Å²) in [6.07, 6.45) is 1.58. The van der Waals surface area contributed by atoms with Gasteiger partial charge in [-0.2, -0.15) is 0 Å². The van der Waals surface area contributed by atoms with Crippen LogP contribution in [0.2, 0.25) is 5.02 Å². The molecule has 3 aromatic rings. The summed E-state index contributed by atoms with van der Waals surface area (Å²) in [6.45, 7) is 1.84. The van der Waals surface area contributed by atoms with E-state index >= 15 is 0 Å². The summed E-state index contributed by atoms with van der Waals surface area (Å²) in [5.74, 6) is 0.323. The summed E-state index contributed by atoms with van der Waals surface area (Å²) in [5.41, 5.74) is 2.35. The monoisotopic (exact) mass is 400 g/mol. The first kappa shape index (κ1) is 19.1. The van der Waals surface area contributed by atoms with E-state index < -0.39 is 0 Å². The Balaban J connectivity index is 1.72. The number of phenols is 1. The summed E-state index contributed by atoms with van der Waals surface area (Å²) in [7, 11) is 1.48. The fourth-order valence-corrected chi connectivity index (χ4v) is 3.58. The number of phenolic OH excluding ortho intramolecular Hbond substituents is 1. The first-order valence-corrected chi connectivity index (χ1v) is 9.31. The molecule has 0 saturated carbocycles. The molecule has 0 aliphatic heterocycles. The zero-order valence-corrected chi connectivity index (χ0v) is 16.3. The average molecular weight is 401 g/mol. The van der Waals surface area contributed by atoms with E-state index in [0.717, 1.165) is 16.1 Å². The number of halogens is 1. The van der Waals surface area contributed by atoms with Gasteiger partial charge in [0.2, 0.25) is 0 Å². The van der Waals surface area contributed by atoms with E-state index in [0.29, 0.717) is 21.3 Å². The number of ether oxygens (including phenoxy) is 1. The third-order valence-electron chi connectivity index (χ3n) is 3.82. The Bertz CT molecular complexity index is 997. The molecule has 0 aliphatic carbocycles. The lowest BCUT2D eigenvalue weighted by Gasteiger charge is -2.03. The Morgan fingerprint density at radius 1 is 1.30 bits per heavy atom. The second-order valence-corrected chi connectivity index (χ2v) is 7.20. The van der Waals surface area contributed by atoms with Crippen molar-refractivity contribution < 1.29 is 14.6 Å². The number of rotatable bonds is 6. The number of carbonyl (C=O) groups excluding carboxylic acids is 1. The minimum Gasteiger partial charge on any atom is -0.504 e. The van der Waals surface area contributed by atoms with E-state index in [1.54, 1.807) is 30.5 Å². The predicted octanol–water partition coefficient (Wildman–Crippen LogP) is 4.79. The Morgan fingerprint density at radius 2 is 2.04 bits per heavy atom. The number of ketones is 1. The van der Waals surface area contributed by atoms with Gasteiger partial charge in [0, 0.05) is 16.8 Å². The minimum absolute atomic E-state index is 0.0201. The molecule has 27 heavy (non-hydrogen) atoms. The number of Topliss-reactive ketones (excluding diaryl/α,β-unsaturated/α-hetero) is 1. The van der Waals surface area contributed by atoms with Crippen molar-refractivity contribution in [1.29, 1.82) is 0 Å². The standard InChI is InChI=1S/C20H17ClN2O3S/c1-12-19(27-20(23-12)14-4-6-15(21)7-5-14)17(25)11-22-10-13-3-8-16(24)18(9-13)26-2/h3-10,24H,11H2,1-2H3. The van der Waals surface area contributed by atoms with Gasteiger partial charge in [-0.1, -0.05) is 23.7 Å². The number of benzene rings is 2. The van der Waals surface area contributed by atoms with Crippen LogP contribution in [0.4, 0.5) is 0 Å². The molecule has 3 rings (SSSR count). The molecular weight excluding hydrogens is 384 g/mol. The van der Waals surface area contributed by atoms with Crippen molar-refractivity contribution in [2.75, 3.05) is 13.7 Å². The Morgan fingerprint density at radius 3 is 2.74 bits per heavy atom. The lowest BCUT2D eigenvalue weighted by Crippen LogP contribution is -2.03. The number of nitrogens with zero attached hydrogens (tertiary/aromatic N) is 2. The van der Waals surface area contributed by atoms with E-state index in [9.17, 15) is 9.90 Å². The highest BCUT2D eigenvalue weighted by molar-refractivity contribution is 7.17. The van der Waals surface area contributed by atoms with Gasteiger partial charge in [-0.05, 0) is 42.8 Å². The zero-order chi connectivity index (χ0) is 19.4. The Kier molecular flexibility index (Phi) is 5.88. The highest BCUT2D eigenvalue weighted by atomic mass is 35.5. The highest BCUT2D eigenvalue weighted by Gasteiger charge is 2.15. The largest absolute Gasteiger partial charge is 0.504 e. The summed E-state index contributed by atoms with van der Waals surface area (Å²) < 4.78 is 5.06. The molecule has 0 spiro atoms. The molecule has 0 unspecified atom stereocenters. The molecule has 0 amide bonds. The first-order chi connectivity index (χ1) is 13.0. The maximum absolute atomic E-state index is 12.5. The van der Waals surface area contributed by atoms with Gasteiger partial charge in [0.1, 0.15) is 11.6 Å². The van der Waals surface area contributed by atoms with E-state index in [2.05, 4.69) is 9.98 Å². The van der Waals surface area contributed by atoms with Crippen molar-refractivity contribution in [2.45, 2.75) is 6.92 Å². The van der Waals surface area contributed by atoms with Gasteiger partial charge in [-0.3, -0.25) is 9.79 Å². The fourth-order valence-electron chi connectivity index (χ4n) is 2.45. The van der Waals surface area contributed by atoms with Gasteiger partial charge in [-0.15, -0.1) is 11.3 Å². The van der Waals surface area contributed by atoms with Gasteiger partial charge in [-0.25, -0.2) is 4.98 Å². The van der Waals surface area contributed by atoms with E-state index in [4.69, 9.17) is 16.3 Å². The zero-order valence-electron chi connectivity index (χ0n) is 14.8. The van der Waals surface area contributed by atoms with E-state index in [1.807, 2.05) is 19.1 Å². The number of aromatic nitrogens is 1. The third kappa shape index (κ3) is 4.53. The predicted molar refractivity (Wildman–Crippen MR) is 109 cm³/mol. The van der Waals surface area contributed by atoms with Gasteiger partial charge in [0.05, 0.1) is 17.7 Å². The van der Waals surface area contributed by atoms with Gasteiger partial charge in [0.25, 0.3) is 0 Å². The molecule has 2 aromatic carbocycles. The van der Waals surface area contributed by atoms with Crippen LogP contribution < -0.4 is 4.74 Å². The molecular formula is C20H17ClN2O3S. The Hall–Kier alpha value is -2.70. The number of thiazole rings is 1. The number of aliphatic imine (C=N–C) groups is 1. The van der Waals surface area contributed by atoms with Crippen molar-refractivity contribution in [3.05, 3.63) is 63.6 Å². The van der Waals surface area contributed by atoms with Gasteiger partial charge < -0.3 is 9.84 Å². The maximum Gasteiger partial charge on any atom is 0.196 e. The third-order valence-corrected chi connectivity index (χ3v) is 5.32. The number of hydrogen-bond acceptors (Lipinski definition) is 6. The molecule has 5 nitrogen and oxygen atoms in total. The molecule has 0 radical (unpaired) electrons. The average Bonchev–Trinajstić information content (AvgIpc) is 3.05.